The quantitative estimate of drug-likeness (QED) is 0.576. The van der Waals surface area contributed by atoms with Crippen LogP contribution in [0.5, 0.6) is 0 Å². The molecule has 0 saturated carbocycles. The van der Waals surface area contributed by atoms with Crippen LogP contribution in [0, 0.1) is 0 Å². The van der Waals surface area contributed by atoms with Crippen molar-refractivity contribution in [2.75, 3.05) is 13.1 Å². The topological polar surface area (TPSA) is 15.3 Å². The first kappa shape index (κ1) is 12.5. The molecule has 2 nitrogen and oxygen atoms in total. The Kier molecular flexibility index (Phi) is 5.09. The van der Waals surface area contributed by atoms with Gasteiger partial charge in [0.15, 0.2) is 5.11 Å². The van der Waals surface area contributed by atoms with Crippen LogP contribution in [0.2, 0.25) is 0 Å². The molecule has 1 rings (SSSR count). The molecule has 0 aromatic heterocycles. The molecular formula is C12H22N2S. The molecule has 3 heteroatoms. The predicted octanol–water partition coefficient (Wildman–Crippen LogP) is 2.70. The van der Waals surface area contributed by atoms with E-state index in [-0.39, 0.29) is 0 Å². The standard InChI is InChI=1S/C12H22N2S/c1-10(2)9-13-12(15)14-8-6-4-5-7-11(14)3/h11H,1,4-9H2,2-3H3,(H,13,15). The largest absolute Gasteiger partial charge is 0.359 e. The van der Waals surface area contributed by atoms with E-state index in [1.54, 1.807) is 0 Å². The van der Waals surface area contributed by atoms with E-state index in [9.17, 15) is 0 Å². The first-order valence-electron chi connectivity index (χ1n) is 5.80. The Morgan fingerprint density at radius 1 is 1.47 bits per heavy atom. The number of hydrogen-bond acceptors (Lipinski definition) is 1. The van der Waals surface area contributed by atoms with Crippen molar-refractivity contribution in [1.82, 2.24) is 10.2 Å². The summed E-state index contributed by atoms with van der Waals surface area (Å²) < 4.78 is 0. The Labute approximate surface area is 98.7 Å². The molecule has 1 aliphatic rings. The van der Waals surface area contributed by atoms with Crippen LogP contribution in [0.25, 0.3) is 0 Å². The highest BCUT2D eigenvalue weighted by atomic mass is 32.1. The van der Waals surface area contributed by atoms with Crippen molar-refractivity contribution in [3.8, 4) is 0 Å². The third-order valence-corrected chi connectivity index (χ3v) is 3.23. The molecule has 1 fully saturated rings. The van der Waals surface area contributed by atoms with Gasteiger partial charge >= 0.3 is 0 Å². The molecule has 0 radical (unpaired) electrons. The van der Waals surface area contributed by atoms with Gasteiger partial charge in [0.1, 0.15) is 0 Å². The second kappa shape index (κ2) is 6.11. The minimum Gasteiger partial charge on any atom is -0.359 e. The SMILES string of the molecule is C=C(C)CNC(=S)N1CCCCCC1C. The molecule has 15 heavy (non-hydrogen) atoms. The molecule has 0 aliphatic carbocycles. The molecular weight excluding hydrogens is 204 g/mol. The Morgan fingerprint density at radius 2 is 2.20 bits per heavy atom. The molecule has 1 atom stereocenters. The first-order chi connectivity index (χ1) is 7.11. The van der Waals surface area contributed by atoms with Gasteiger partial charge in [-0.25, -0.2) is 0 Å². The minimum absolute atomic E-state index is 0.581. The third-order valence-electron chi connectivity index (χ3n) is 2.86. The van der Waals surface area contributed by atoms with Crippen molar-refractivity contribution in [3.05, 3.63) is 12.2 Å². The number of nitrogens with one attached hydrogen (secondary N) is 1. The molecule has 1 N–H and O–H groups in total. The van der Waals surface area contributed by atoms with Crippen molar-refractivity contribution >= 4 is 17.3 Å². The van der Waals surface area contributed by atoms with Crippen molar-refractivity contribution in [3.63, 3.8) is 0 Å². The summed E-state index contributed by atoms with van der Waals surface area (Å²) in [6, 6.07) is 0.581. The highest BCUT2D eigenvalue weighted by Gasteiger charge is 2.18. The van der Waals surface area contributed by atoms with E-state index in [1.165, 1.54) is 25.7 Å². The minimum atomic E-state index is 0.581. The highest BCUT2D eigenvalue weighted by Crippen LogP contribution is 2.16. The fourth-order valence-electron chi connectivity index (χ4n) is 1.90. The molecule has 0 bridgehead atoms. The third kappa shape index (κ3) is 4.20. The smallest absolute Gasteiger partial charge is 0.169 e. The average molecular weight is 226 g/mol. The van der Waals surface area contributed by atoms with Crippen LogP contribution in [0.3, 0.4) is 0 Å². The van der Waals surface area contributed by atoms with E-state index >= 15 is 0 Å². The summed E-state index contributed by atoms with van der Waals surface area (Å²) in [5.41, 5.74) is 1.12. The van der Waals surface area contributed by atoms with E-state index in [1.807, 2.05) is 6.92 Å². The zero-order chi connectivity index (χ0) is 11.3. The lowest BCUT2D eigenvalue weighted by Crippen LogP contribution is -2.45. The Morgan fingerprint density at radius 3 is 2.87 bits per heavy atom. The molecule has 1 saturated heterocycles. The van der Waals surface area contributed by atoms with Gasteiger partial charge in [0.2, 0.25) is 0 Å². The maximum Gasteiger partial charge on any atom is 0.169 e. The van der Waals surface area contributed by atoms with Gasteiger partial charge in [-0.2, -0.15) is 0 Å². The van der Waals surface area contributed by atoms with Gasteiger partial charge in [-0.1, -0.05) is 25.0 Å². The van der Waals surface area contributed by atoms with Crippen molar-refractivity contribution in [1.29, 1.82) is 0 Å². The number of nitrogens with zero attached hydrogens (tertiary/aromatic N) is 1. The predicted molar refractivity (Wildman–Crippen MR) is 70.1 cm³/mol. The number of rotatable bonds is 2. The molecule has 0 spiro atoms. The van der Waals surface area contributed by atoms with Gasteiger partial charge in [0, 0.05) is 19.1 Å². The van der Waals surface area contributed by atoms with E-state index in [0.29, 0.717) is 6.04 Å². The summed E-state index contributed by atoms with van der Waals surface area (Å²) in [6.07, 6.45) is 5.19. The molecule has 0 aromatic carbocycles. The summed E-state index contributed by atoms with van der Waals surface area (Å²) in [4.78, 5) is 2.32. The molecule has 1 unspecified atom stereocenters. The molecule has 1 aliphatic heterocycles. The average Bonchev–Trinajstić information content (AvgIpc) is 2.39. The van der Waals surface area contributed by atoms with Crippen LogP contribution in [-0.2, 0) is 0 Å². The summed E-state index contributed by atoms with van der Waals surface area (Å²) in [7, 11) is 0. The van der Waals surface area contributed by atoms with Gasteiger partial charge < -0.3 is 10.2 Å². The zero-order valence-corrected chi connectivity index (χ0v) is 10.7. The highest BCUT2D eigenvalue weighted by molar-refractivity contribution is 7.80. The van der Waals surface area contributed by atoms with Gasteiger partial charge in [-0.3, -0.25) is 0 Å². The fraction of sp³-hybridized carbons (Fsp3) is 0.750. The maximum atomic E-state index is 5.40. The van der Waals surface area contributed by atoms with E-state index in [2.05, 4.69) is 23.7 Å². The van der Waals surface area contributed by atoms with Crippen LogP contribution in [-0.4, -0.2) is 29.1 Å². The number of thiocarbonyl (C=S) groups is 1. The van der Waals surface area contributed by atoms with Crippen molar-refractivity contribution < 1.29 is 0 Å². The van der Waals surface area contributed by atoms with Crippen LogP contribution in [0.15, 0.2) is 12.2 Å². The summed E-state index contributed by atoms with van der Waals surface area (Å²) >= 11 is 5.40. The van der Waals surface area contributed by atoms with Crippen LogP contribution in [0.4, 0.5) is 0 Å². The molecule has 0 amide bonds. The van der Waals surface area contributed by atoms with Crippen LogP contribution >= 0.6 is 12.2 Å². The molecule has 0 aromatic rings. The lowest BCUT2D eigenvalue weighted by atomic mass is 10.1. The summed E-state index contributed by atoms with van der Waals surface area (Å²) in [5.74, 6) is 0. The lowest BCUT2D eigenvalue weighted by Gasteiger charge is -2.30. The van der Waals surface area contributed by atoms with Gasteiger partial charge in [-0.05, 0) is 38.9 Å². The van der Waals surface area contributed by atoms with E-state index < -0.39 is 0 Å². The van der Waals surface area contributed by atoms with Crippen molar-refractivity contribution in [2.45, 2.75) is 45.6 Å². The monoisotopic (exact) mass is 226 g/mol. The second-order valence-corrected chi connectivity index (χ2v) is 4.89. The van der Waals surface area contributed by atoms with E-state index in [4.69, 9.17) is 12.2 Å². The number of likely N-dealkylation sites (tertiary alicyclic amines) is 1. The zero-order valence-electron chi connectivity index (χ0n) is 9.88. The summed E-state index contributed by atoms with van der Waals surface area (Å²) in [5, 5.41) is 4.16. The van der Waals surface area contributed by atoms with E-state index in [0.717, 1.165) is 23.8 Å². The van der Waals surface area contributed by atoms with Crippen LogP contribution < -0.4 is 5.32 Å². The van der Waals surface area contributed by atoms with Gasteiger partial charge in [-0.15, -0.1) is 0 Å². The van der Waals surface area contributed by atoms with Gasteiger partial charge in [0.05, 0.1) is 0 Å². The fourth-order valence-corrected chi connectivity index (χ4v) is 2.25. The Bertz CT molecular complexity index is 238. The second-order valence-electron chi connectivity index (χ2n) is 4.51. The summed E-state index contributed by atoms with van der Waals surface area (Å²) in [6.45, 7) is 10.0. The normalized spacial score (nSPS) is 22.0. The first-order valence-corrected chi connectivity index (χ1v) is 6.21. The Balaban J connectivity index is 2.44. The number of hydrogen-bond donors (Lipinski definition) is 1. The van der Waals surface area contributed by atoms with Crippen LogP contribution in [0.1, 0.15) is 39.5 Å². The molecule has 86 valence electrons. The van der Waals surface area contributed by atoms with Gasteiger partial charge in [0.25, 0.3) is 0 Å². The Hall–Kier alpha value is -0.570. The maximum absolute atomic E-state index is 5.40. The van der Waals surface area contributed by atoms with Crippen molar-refractivity contribution in [2.24, 2.45) is 0 Å². The lowest BCUT2D eigenvalue weighted by molar-refractivity contribution is 0.332. The molecule has 1 heterocycles.